The van der Waals surface area contributed by atoms with E-state index in [4.69, 9.17) is 5.73 Å². The van der Waals surface area contributed by atoms with Crippen molar-refractivity contribution >= 4 is 28.0 Å². The van der Waals surface area contributed by atoms with Gasteiger partial charge in [0.05, 0.1) is 5.69 Å². The van der Waals surface area contributed by atoms with Crippen LogP contribution in [0.15, 0.2) is 24.8 Å². The molecule has 1 saturated heterocycles. The van der Waals surface area contributed by atoms with Crippen molar-refractivity contribution in [3.05, 3.63) is 35.4 Å². The number of nitrogens with zero attached hydrogens (tertiary/aromatic N) is 7. The molecule has 2 N–H and O–H groups in total. The fourth-order valence-corrected chi connectivity index (χ4v) is 3.87. The van der Waals surface area contributed by atoms with Gasteiger partial charge in [0.15, 0.2) is 16.8 Å². The third kappa shape index (κ3) is 2.91. The largest absolute Gasteiger partial charge is 0.393 e. The Morgan fingerprint density at radius 2 is 1.76 bits per heavy atom. The van der Waals surface area contributed by atoms with Gasteiger partial charge in [0.25, 0.3) is 0 Å². The second-order valence-electron chi connectivity index (χ2n) is 6.00. The maximum Gasteiger partial charge on any atom is 0.185 e. The molecule has 0 radical (unpaired) electrons. The molecule has 0 aliphatic carbocycles. The average Bonchev–Trinajstić information content (AvgIpc) is 3.26. The van der Waals surface area contributed by atoms with E-state index < -0.39 is 0 Å². The number of aryl methyl sites for hydroxylation is 2. The molecule has 0 spiro atoms. The third-order valence-electron chi connectivity index (χ3n) is 4.43. The lowest BCUT2D eigenvalue weighted by molar-refractivity contribution is 0.645. The van der Waals surface area contributed by atoms with E-state index >= 15 is 0 Å². The standard InChI is InChI=1S/C16H20N8S/c1-11-12(2)25-16(21-11)23-8-6-22(7-9-23)14-13(17)15(19-10-18-14)24-5-3-4-20-24/h3-5,10H,6-9,17H2,1-2H3. The Balaban J connectivity index is 1.52. The highest BCUT2D eigenvalue weighted by Gasteiger charge is 2.23. The summed E-state index contributed by atoms with van der Waals surface area (Å²) in [6, 6.07) is 1.85. The first-order valence-corrected chi connectivity index (χ1v) is 8.99. The number of thiazole rings is 1. The van der Waals surface area contributed by atoms with Crippen LogP contribution in [-0.2, 0) is 0 Å². The molecular weight excluding hydrogens is 336 g/mol. The van der Waals surface area contributed by atoms with Crippen LogP contribution in [0.1, 0.15) is 10.6 Å². The Kier molecular flexibility index (Phi) is 4.00. The minimum atomic E-state index is 0.556. The van der Waals surface area contributed by atoms with Crippen LogP contribution >= 0.6 is 11.3 Å². The minimum Gasteiger partial charge on any atom is -0.393 e. The highest BCUT2D eigenvalue weighted by atomic mass is 32.1. The zero-order valence-electron chi connectivity index (χ0n) is 14.3. The molecule has 4 rings (SSSR count). The Labute approximate surface area is 149 Å². The van der Waals surface area contributed by atoms with E-state index in [-0.39, 0.29) is 0 Å². The highest BCUT2D eigenvalue weighted by molar-refractivity contribution is 7.15. The second kappa shape index (κ2) is 6.32. The molecule has 8 nitrogen and oxygen atoms in total. The van der Waals surface area contributed by atoms with Gasteiger partial charge in [-0.15, -0.1) is 11.3 Å². The normalized spacial score (nSPS) is 15.0. The predicted molar refractivity (Wildman–Crippen MR) is 99.6 cm³/mol. The molecule has 1 aliphatic rings. The molecule has 25 heavy (non-hydrogen) atoms. The lowest BCUT2D eigenvalue weighted by atomic mass is 10.3. The van der Waals surface area contributed by atoms with E-state index in [9.17, 15) is 0 Å². The molecule has 3 aromatic heterocycles. The first-order chi connectivity index (χ1) is 12.1. The van der Waals surface area contributed by atoms with Crippen molar-refractivity contribution in [1.82, 2.24) is 24.7 Å². The Morgan fingerprint density at radius 1 is 1.04 bits per heavy atom. The van der Waals surface area contributed by atoms with Crippen LogP contribution in [-0.4, -0.2) is 50.9 Å². The molecule has 0 aromatic carbocycles. The van der Waals surface area contributed by atoms with Crippen molar-refractivity contribution in [3.63, 3.8) is 0 Å². The lowest BCUT2D eigenvalue weighted by Gasteiger charge is -2.35. The number of anilines is 3. The Morgan fingerprint density at radius 3 is 2.40 bits per heavy atom. The third-order valence-corrected chi connectivity index (χ3v) is 5.56. The molecule has 130 valence electrons. The topological polar surface area (TPSA) is 89.0 Å². The summed E-state index contributed by atoms with van der Waals surface area (Å²) in [6.07, 6.45) is 5.08. The van der Waals surface area contributed by atoms with Gasteiger partial charge >= 0.3 is 0 Å². The first-order valence-electron chi connectivity index (χ1n) is 8.18. The van der Waals surface area contributed by atoms with Crippen molar-refractivity contribution in [3.8, 4) is 5.82 Å². The zero-order chi connectivity index (χ0) is 17.4. The molecule has 0 amide bonds. The van der Waals surface area contributed by atoms with Crippen LogP contribution in [0.25, 0.3) is 5.82 Å². The summed E-state index contributed by atoms with van der Waals surface area (Å²) in [4.78, 5) is 19.1. The number of nitrogen functional groups attached to an aromatic ring is 1. The molecule has 0 unspecified atom stereocenters. The lowest BCUT2D eigenvalue weighted by Crippen LogP contribution is -2.47. The van der Waals surface area contributed by atoms with E-state index in [0.29, 0.717) is 11.5 Å². The molecule has 1 aliphatic heterocycles. The molecule has 0 saturated carbocycles. The number of nitrogens with two attached hydrogens (primary N) is 1. The van der Waals surface area contributed by atoms with Gasteiger partial charge in [-0.05, 0) is 19.9 Å². The van der Waals surface area contributed by atoms with Gasteiger partial charge in [-0.2, -0.15) is 5.10 Å². The SMILES string of the molecule is Cc1nc(N2CCN(c3ncnc(-n4cccn4)c3N)CC2)sc1C. The summed E-state index contributed by atoms with van der Waals surface area (Å²) in [6.45, 7) is 7.66. The van der Waals surface area contributed by atoms with Gasteiger partial charge in [0, 0.05) is 43.4 Å². The monoisotopic (exact) mass is 356 g/mol. The van der Waals surface area contributed by atoms with Gasteiger partial charge < -0.3 is 15.5 Å². The number of hydrogen-bond acceptors (Lipinski definition) is 8. The maximum absolute atomic E-state index is 6.32. The molecule has 9 heteroatoms. The van der Waals surface area contributed by atoms with E-state index in [0.717, 1.165) is 42.8 Å². The van der Waals surface area contributed by atoms with Crippen LogP contribution in [0.4, 0.5) is 16.6 Å². The Hall–Kier alpha value is -2.68. The van der Waals surface area contributed by atoms with Gasteiger partial charge in [-0.3, -0.25) is 0 Å². The predicted octanol–water partition coefficient (Wildman–Crippen LogP) is 1.64. The number of hydrogen-bond donors (Lipinski definition) is 1. The van der Waals surface area contributed by atoms with E-state index in [1.807, 2.05) is 12.3 Å². The van der Waals surface area contributed by atoms with Crippen molar-refractivity contribution in [2.24, 2.45) is 0 Å². The van der Waals surface area contributed by atoms with Crippen molar-refractivity contribution in [2.75, 3.05) is 41.7 Å². The molecule has 0 atom stereocenters. The molecule has 4 heterocycles. The average molecular weight is 356 g/mol. The molecular formula is C16H20N8S. The maximum atomic E-state index is 6.32. The van der Waals surface area contributed by atoms with Crippen molar-refractivity contribution in [1.29, 1.82) is 0 Å². The van der Waals surface area contributed by atoms with Gasteiger partial charge in [-0.25, -0.2) is 19.6 Å². The van der Waals surface area contributed by atoms with E-state index in [1.165, 1.54) is 4.88 Å². The van der Waals surface area contributed by atoms with E-state index in [2.05, 4.69) is 43.7 Å². The zero-order valence-corrected chi connectivity index (χ0v) is 15.1. The van der Waals surface area contributed by atoms with E-state index in [1.54, 1.807) is 28.5 Å². The molecule has 0 bridgehead atoms. The Bertz CT molecular complexity index is 845. The fourth-order valence-electron chi connectivity index (χ4n) is 2.91. The van der Waals surface area contributed by atoms with Crippen molar-refractivity contribution < 1.29 is 0 Å². The summed E-state index contributed by atoms with van der Waals surface area (Å²) in [5.74, 6) is 1.38. The quantitative estimate of drug-likeness (QED) is 0.763. The summed E-state index contributed by atoms with van der Waals surface area (Å²) in [5.41, 5.74) is 8.00. The number of aromatic nitrogens is 5. The van der Waals surface area contributed by atoms with Crippen LogP contribution < -0.4 is 15.5 Å². The number of piperazine rings is 1. The van der Waals surface area contributed by atoms with Crippen LogP contribution in [0, 0.1) is 13.8 Å². The summed E-state index contributed by atoms with van der Waals surface area (Å²) in [5, 5.41) is 5.31. The van der Waals surface area contributed by atoms with Gasteiger partial charge in [-0.1, -0.05) is 0 Å². The van der Waals surface area contributed by atoms with Crippen LogP contribution in [0.5, 0.6) is 0 Å². The van der Waals surface area contributed by atoms with Crippen LogP contribution in [0.2, 0.25) is 0 Å². The molecule has 3 aromatic rings. The first kappa shape index (κ1) is 15.8. The highest BCUT2D eigenvalue weighted by Crippen LogP contribution is 2.29. The van der Waals surface area contributed by atoms with Crippen LogP contribution in [0.3, 0.4) is 0 Å². The summed E-state index contributed by atoms with van der Waals surface area (Å²) in [7, 11) is 0. The molecule has 1 fully saturated rings. The minimum absolute atomic E-state index is 0.556. The number of rotatable bonds is 3. The van der Waals surface area contributed by atoms with Crippen molar-refractivity contribution in [2.45, 2.75) is 13.8 Å². The van der Waals surface area contributed by atoms with Gasteiger partial charge in [0.2, 0.25) is 0 Å². The van der Waals surface area contributed by atoms with Gasteiger partial charge in [0.1, 0.15) is 12.0 Å². The second-order valence-corrected chi connectivity index (χ2v) is 7.18. The summed E-state index contributed by atoms with van der Waals surface area (Å²) < 4.78 is 1.66. The summed E-state index contributed by atoms with van der Waals surface area (Å²) >= 11 is 1.76. The smallest absolute Gasteiger partial charge is 0.185 e. The fraction of sp³-hybridized carbons (Fsp3) is 0.375.